The third kappa shape index (κ3) is 6.78. The lowest BCUT2D eigenvalue weighted by atomic mass is 10.1. The molecular weight excluding hydrogens is 210 g/mol. The van der Waals surface area contributed by atoms with Gasteiger partial charge in [-0.05, 0) is 32.0 Å². The Morgan fingerprint density at radius 2 is 1.73 bits per heavy atom. The van der Waals surface area contributed by atoms with Gasteiger partial charge >= 0.3 is 8.56 Å². The maximum Gasteiger partial charge on any atom is 0.334 e. The van der Waals surface area contributed by atoms with Gasteiger partial charge in [0, 0.05) is 27.1 Å². The van der Waals surface area contributed by atoms with E-state index in [-0.39, 0.29) is 0 Å². The van der Waals surface area contributed by atoms with Crippen molar-refractivity contribution in [3.05, 3.63) is 0 Å². The van der Waals surface area contributed by atoms with Crippen LogP contribution in [0.25, 0.3) is 0 Å². The van der Waals surface area contributed by atoms with Crippen LogP contribution in [0.4, 0.5) is 0 Å². The molecule has 0 aromatic rings. The summed E-state index contributed by atoms with van der Waals surface area (Å²) in [6.07, 6.45) is 2.87. The molecule has 0 aliphatic carbocycles. The van der Waals surface area contributed by atoms with Crippen molar-refractivity contribution in [2.24, 2.45) is 5.73 Å². The molecule has 2 N–H and O–H groups in total. The number of nitrogens with two attached hydrogens (primary N) is 1. The molecule has 0 amide bonds. The van der Waals surface area contributed by atoms with E-state index in [0.29, 0.717) is 25.2 Å². The fourth-order valence-corrected chi connectivity index (χ4v) is 2.71. The van der Waals surface area contributed by atoms with Crippen LogP contribution >= 0.6 is 0 Å². The van der Waals surface area contributed by atoms with Gasteiger partial charge in [-0.1, -0.05) is 0 Å². The molecule has 0 heterocycles. The second-order valence-electron chi connectivity index (χ2n) is 3.83. The van der Waals surface area contributed by atoms with Gasteiger partial charge in [0.25, 0.3) is 0 Å². The summed E-state index contributed by atoms with van der Waals surface area (Å²) in [7, 11) is 1.37. The lowest BCUT2D eigenvalue weighted by Crippen LogP contribution is -2.35. The normalized spacial score (nSPS) is 11.7. The van der Waals surface area contributed by atoms with E-state index >= 15 is 0 Å². The van der Waals surface area contributed by atoms with Crippen molar-refractivity contribution < 1.29 is 13.6 Å². The first-order valence-corrected chi connectivity index (χ1v) is 7.92. The Morgan fingerprint density at radius 3 is 2.20 bits per heavy atom. The van der Waals surface area contributed by atoms with Gasteiger partial charge in [-0.25, -0.2) is 0 Å². The molecule has 0 aliphatic heterocycles. The Morgan fingerprint density at radius 1 is 1.20 bits per heavy atom. The number of hydrogen-bond acceptors (Lipinski definition) is 4. The predicted octanol–water partition coefficient (Wildman–Crippen LogP) is 1.44. The molecule has 0 spiro atoms. The summed E-state index contributed by atoms with van der Waals surface area (Å²) < 4.78 is 10.7. The highest BCUT2D eigenvalue weighted by Crippen LogP contribution is 2.15. The summed E-state index contributed by atoms with van der Waals surface area (Å²) >= 11 is 0. The minimum absolute atomic E-state index is 0.295. The van der Waals surface area contributed by atoms with E-state index in [1.807, 2.05) is 6.55 Å². The predicted molar refractivity (Wildman–Crippen MR) is 63.0 cm³/mol. The van der Waals surface area contributed by atoms with Gasteiger partial charge in [-0.2, -0.15) is 0 Å². The van der Waals surface area contributed by atoms with E-state index in [0.717, 1.165) is 18.9 Å². The lowest BCUT2D eigenvalue weighted by molar-refractivity contribution is -0.119. The zero-order chi connectivity index (χ0) is 11.7. The molecule has 5 heteroatoms. The molecule has 0 aliphatic rings. The van der Waals surface area contributed by atoms with Crippen LogP contribution < -0.4 is 5.73 Å². The minimum atomic E-state index is -1.97. The summed E-state index contributed by atoms with van der Waals surface area (Å²) in [5.74, 6) is 0.295. The molecule has 0 aromatic heterocycles. The third-order valence-corrected chi connectivity index (χ3v) is 5.60. The van der Waals surface area contributed by atoms with Crippen LogP contribution in [0.2, 0.25) is 12.6 Å². The smallest absolute Gasteiger partial charge is 0.334 e. The van der Waals surface area contributed by atoms with Crippen molar-refractivity contribution in [1.29, 1.82) is 0 Å². The standard InChI is InChI=1S/C10H23NO3Si/c1-13-15(3,14-2)9-5-7-10(12)6-4-8-11/h4-9,11H2,1-3H3. The SMILES string of the molecule is CO[Si](C)(CCCC(=O)CCCN)OC. The second-order valence-corrected chi connectivity index (χ2v) is 7.41. The van der Waals surface area contributed by atoms with E-state index in [4.69, 9.17) is 14.6 Å². The number of hydrogen-bond donors (Lipinski definition) is 1. The Hall–Kier alpha value is -0.233. The van der Waals surface area contributed by atoms with E-state index in [1.165, 1.54) is 0 Å². The summed E-state index contributed by atoms with van der Waals surface area (Å²) in [4.78, 5) is 11.3. The van der Waals surface area contributed by atoms with Crippen LogP contribution in [0.1, 0.15) is 25.7 Å². The topological polar surface area (TPSA) is 61.5 Å². The van der Waals surface area contributed by atoms with Crippen molar-refractivity contribution in [1.82, 2.24) is 0 Å². The molecule has 0 bridgehead atoms. The van der Waals surface area contributed by atoms with Gasteiger partial charge in [-0.15, -0.1) is 0 Å². The van der Waals surface area contributed by atoms with Crippen LogP contribution in [0.3, 0.4) is 0 Å². The number of ketones is 1. The maximum atomic E-state index is 11.3. The van der Waals surface area contributed by atoms with Gasteiger partial charge < -0.3 is 14.6 Å². The lowest BCUT2D eigenvalue weighted by Gasteiger charge is -2.22. The highest BCUT2D eigenvalue weighted by molar-refractivity contribution is 6.65. The summed E-state index contributed by atoms with van der Waals surface area (Å²) in [6.45, 7) is 2.60. The third-order valence-electron chi connectivity index (χ3n) is 2.61. The monoisotopic (exact) mass is 233 g/mol. The van der Waals surface area contributed by atoms with Crippen LogP contribution in [0.5, 0.6) is 0 Å². The van der Waals surface area contributed by atoms with Gasteiger partial charge in [0.2, 0.25) is 0 Å². The Balaban J connectivity index is 3.64. The fraction of sp³-hybridized carbons (Fsp3) is 0.900. The van der Waals surface area contributed by atoms with Crippen LogP contribution in [0, 0.1) is 0 Å². The molecule has 0 atom stereocenters. The molecule has 15 heavy (non-hydrogen) atoms. The minimum Gasteiger partial charge on any atom is -0.398 e. The maximum absolute atomic E-state index is 11.3. The van der Waals surface area contributed by atoms with Gasteiger partial charge in [0.15, 0.2) is 0 Å². The Labute approximate surface area is 93.4 Å². The van der Waals surface area contributed by atoms with Crippen LogP contribution in [-0.4, -0.2) is 35.1 Å². The van der Waals surface area contributed by atoms with E-state index in [2.05, 4.69) is 0 Å². The summed E-state index contributed by atoms with van der Waals surface area (Å²) in [6, 6.07) is 0.869. The molecule has 0 rings (SSSR count). The molecule has 4 nitrogen and oxygen atoms in total. The molecule has 0 saturated carbocycles. The van der Waals surface area contributed by atoms with Crippen LogP contribution in [0.15, 0.2) is 0 Å². The van der Waals surface area contributed by atoms with E-state index in [9.17, 15) is 4.79 Å². The number of carbonyl (C=O) groups excluding carboxylic acids is 1. The first-order valence-electron chi connectivity index (χ1n) is 5.40. The zero-order valence-electron chi connectivity index (χ0n) is 10.0. The van der Waals surface area contributed by atoms with Crippen molar-refractivity contribution in [2.45, 2.75) is 38.3 Å². The number of carbonyl (C=O) groups is 1. The average Bonchev–Trinajstić information content (AvgIpc) is 2.26. The molecule has 0 unspecified atom stereocenters. The summed E-state index contributed by atoms with van der Waals surface area (Å²) in [5, 5.41) is 0. The Bertz CT molecular complexity index is 184. The van der Waals surface area contributed by atoms with Gasteiger partial charge in [0.1, 0.15) is 5.78 Å². The average molecular weight is 233 g/mol. The van der Waals surface area contributed by atoms with Crippen molar-refractivity contribution in [3.8, 4) is 0 Å². The fourth-order valence-electron chi connectivity index (χ4n) is 1.32. The second kappa shape index (κ2) is 7.98. The first kappa shape index (κ1) is 14.8. The van der Waals surface area contributed by atoms with Crippen molar-refractivity contribution in [3.63, 3.8) is 0 Å². The molecule has 0 saturated heterocycles. The molecule has 0 radical (unpaired) electrons. The zero-order valence-corrected chi connectivity index (χ0v) is 11.0. The van der Waals surface area contributed by atoms with E-state index < -0.39 is 8.56 Å². The molecular formula is C10H23NO3Si. The highest BCUT2D eigenvalue weighted by atomic mass is 28.4. The largest absolute Gasteiger partial charge is 0.398 e. The van der Waals surface area contributed by atoms with Crippen molar-refractivity contribution >= 4 is 14.3 Å². The van der Waals surface area contributed by atoms with Gasteiger partial charge in [-0.3, -0.25) is 4.79 Å². The first-order chi connectivity index (χ1) is 7.08. The summed E-state index contributed by atoms with van der Waals surface area (Å²) in [5.41, 5.74) is 5.33. The molecule has 90 valence electrons. The highest BCUT2D eigenvalue weighted by Gasteiger charge is 2.27. The van der Waals surface area contributed by atoms with Crippen molar-refractivity contribution in [2.75, 3.05) is 20.8 Å². The molecule has 0 fully saturated rings. The number of Topliss-reactive ketones (excluding diaryl/α,β-unsaturated/α-hetero) is 1. The van der Waals surface area contributed by atoms with Gasteiger partial charge in [0.05, 0.1) is 0 Å². The van der Waals surface area contributed by atoms with Crippen LogP contribution in [-0.2, 0) is 13.6 Å². The Kier molecular flexibility index (Phi) is 7.86. The molecule has 0 aromatic carbocycles. The quantitative estimate of drug-likeness (QED) is 0.612. The van der Waals surface area contributed by atoms with E-state index in [1.54, 1.807) is 14.2 Å². The number of rotatable bonds is 9.